The maximum Gasteiger partial charge on any atom is 0.125 e. The molecule has 2 rings (SSSR count). The van der Waals surface area contributed by atoms with Crippen molar-refractivity contribution in [3.05, 3.63) is 39.9 Å². The molecule has 0 spiro atoms. The predicted octanol–water partition coefficient (Wildman–Crippen LogP) is 4.67. The van der Waals surface area contributed by atoms with Gasteiger partial charge in [-0.25, -0.2) is 4.98 Å². The average molecular weight is 303 g/mol. The Morgan fingerprint density at radius 2 is 2.13 bits per heavy atom. The molecule has 1 aromatic carbocycles. The first kappa shape index (κ1) is 11.1. The fraction of sp³-hybridized carbons (Fsp3) is 0.182. The van der Waals surface area contributed by atoms with Crippen molar-refractivity contribution in [3.8, 4) is 10.6 Å². The van der Waals surface area contributed by atoms with E-state index in [0.717, 1.165) is 26.6 Å². The van der Waals surface area contributed by atoms with Crippen molar-refractivity contribution in [1.82, 2.24) is 4.98 Å². The van der Waals surface area contributed by atoms with Gasteiger partial charge in [0.15, 0.2) is 0 Å². The minimum Gasteiger partial charge on any atom is -0.240 e. The van der Waals surface area contributed by atoms with Gasteiger partial charge in [0.2, 0.25) is 0 Å². The summed E-state index contributed by atoms with van der Waals surface area (Å²) in [7, 11) is 0. The summed E-state index contributed by atoms with van der Waals surface area (Å²) in [5, 5.41) is 2.54. The summed E-state index contributed by atoms with van der Waals surface area (Å²) in [5.74, 6) is 0. The fourth-order valence-electron chi connectivity index (χ4n) is 1.30. The van der Waals surface area contributed by atoms with Crippen LogP contribution in [0.15, 0.2) is 24.3 Å². The van der Waals surface area contributed by atoms with Crippen LogP contribution in [0, 0.1) is 6.92 Å². The summed E-state index contributed by atoms with van der Waals surface area (Å²) in [6.45, 7) is 2.08. The van der Waals surface area contributed by atoms with Crippen LogP contribution >= 0.6 is 38.9 Å². The lowest BCUT2D eigenvalue weighted by Gasteiger charge is -1.97. The van der Waals surface area contributed by atoms with Gasteiger partial charge in [-0.2, -0.15) is 0 Å². The van der Waals surface area contributed by atoms with Crippen LogP contribution in [-0.4, -0.2) is 4.98 Å². The van der Waals surface area contributed by atoms with Gasteiger partial charge < -0.3 is 0 Å². The summed E-state index contributed by atoms with van der Waals surface area (Å²) < 4.78 is 0. The smallest absolute Gasteiger partial charge is 0.125 e. The Morgan fingerprint density at radius 3 is 2.73 bits per heavy atom. The number of hydrogen-bond donors (Lipinski definition) is 0. The first-order valence-corrected chi connectivity index (χ1v) is 6.81. The molecule has 4 heteroatoms. The van der Waals surface area contributed by atoms with Crippen molar-refractivity contribution >= 4 is 38.9 Å². The SMILES string of the molecule is Cc1sc(-c2ccccc2Cl)nc1CBr. The molecule has 1 nitrogen and oxygen atoms in total. The van der Waals surface area contributed by atoms with Gasteiger partial charge in [0, 0.05) is 15.8 Å². The molecule has 0 amide bonds. The summed E-state index contributed by atoms with van der Waals surface area (Å²) in [6.07, 6.45) is 0. The summed E-state index contributed by atoms with van der Waals surface area (Å²) in [5.41, 5.74) is 2.11. The molecule has 0 fully saturated rings. The van der Waals surface area contributed by atoms with Gasteiger partial charge >= 0.3 is 0 Å². The van der Waals surface area contributed by atoms with Crippen molar-refractivity contribution < 1.29 is 0 Å². The molecule has 0 aliphatic heterocycles. The molecule has 0 N–H and O–H groups in total. The molecule has 0 radical (unpaired) electrons. The summed E-state index contributed by atoms with van der Waals surface area (Å²) in [4.78, 5) is 5.78. The van der Waals surface area contributed by atoms with Gasteiger partial charge in [0.05, 0.1) is 10.7 Å². The minimum absolute atomic E-state index is 0.757. The van der Waals surface area contributed by atoms with Crippen LogP contribution in [0.1, 0.15) is 10.6 Å². The van der Waals surface area contributed by atoms with Crippen molar-refractivity contribution in [2.75, 3.05) is 0 Å². The number of rotatable bonds is 2. The van der Waals surface area contributed by atoms with E-state index >= 15 is 0 Å². The number of aromatic nitrogens is 1. The second-order valence-corrected chi connectivity index (χ2v) is 5.31. The second kappa shape index (κ2) is 4.64. The van der Waals surface area contributed by atoms with Crippen LogP contribution in [-0.2, 0) is 5.33 Å². The predicted molar refractivity (Wildman–Crippen MR) is 69.9 cm³/mol. The first-order valence-electron chi connectivity index (χ1n) is 4.49. The van der Waals surface area contributed by atoms with Gasteiger partial charge in [-0.3, -0.25) is 0 Å². The van der Waals surface area contributed by atoms with Gasteiger partial charge in [-0.1, -0.05) is 45.7 Å². The number of alkyl halides is 1. The van der Waals surface area contributed by atoms with Crippen LogP contribution in [0.3, 0.4) is 0 Å². The zero-order chi connectivity index (χ0) is 10.8. The third-order valence-electron chi connectivity index (χ3n) is 2.12. The van der Waals surface area contributed by atoms with Gasteiger partial charge in [-0.05, 0) is 13.0 Å². The highest BCUT2D eigenvalue weighted by molar-refractivity contribution is 9.08. The molecule has 0 aliphatic rings. The molecule has 1 heterocycles. The quantitative estimate of drug-likeness (QED) is 0.735. The van der Waals surface area contributed by atoms with Gasteiger partial charge in [0.25, 0.3) is 0 Å². The molecule has 78 valence electrons. The van der Waals surface area contributed by atoms with Gasteiger partial charge in [0.1, 0.15) is 5.01 Å². The lowest BCUT2D eigenvalue weighted by molar-refractivity contribution is 1.21. The topological polar surface area (TPSA) is 12.9 Å². The third-order valence-corrected chi connectivity index (χ3v) is 4.03. The average Bonchev–Trinajstić information content (AvgIpc) is 2.60. The highest BCUT2D eigenvalue weighted by Crippen LogP contribution is 2.32. The molecule has 15 heavy (non-hydrogen) atoms. The zero-order valence-corrected chi connectivity index (χ0v) is 11.3. The molecular formula is C11H9BrClNS. The van der Waals surface area contributed by atoms with E-state index in [1.807, 2.05) is 24.3 Å². The van der Waals surface area contributed by atoms with E-state index in [1.165, 1.54) is 4.88 Å². The highest BCUT2D eigenvalue weighted by Gasteiger charge is 2.10. The number of benzene rings is 1. The first-order chi connectivity index (χ1) is 7.22. The van der Waals surface area contributed by atoms with Crippen LogP contribution in [0.25, 0.3) is 10.6 Å². The van der Waals surface area contributed by atoms with E-state index in [4.69, 9.17) is 11.6 Å². The maximum atomic E-state index is 6.12. The Labute approximate surface area is 106 Å². The van der Waals surface area contributed by atoms with Crippen molar-refractivity contribution in [3.63, 3.8) is 0 Å². The molecule has 0 saturated heterocycles. The Hall–Kier alpha value is -0.380. The normalized spacial score (nSPS) is 10.6. The van der Waals surface area contributed by atoms with Crippen LogP contribution in [0.4, 0.5) is 0 Å². The largest absolute Gasteiger partial charge is 0.240 e. The molecular weight excluding hydrogens is 294 g/mol. The monoisotopic (exact) mass is 301 g/mol. The van der Waals surface area contributed by atoms with E-state index < -0.39 is 0 Å². The number of halogens is 2. The van der Waals surface area contributed by atoms with Crippen molar-refractivity contribution in [1.29, 1.82) is 0 Å². The molecule has 0 aliphatic carbocycles. The molecule has 0 bridgehead atoms. The highest BCUT2D eigenvalue weighted by atomic mass is 79.9. The summed E-state index contributed by atoms with van der Waals surface area (Å²) >= 11 is 11.2. The lowest BCUT2D eigenvalue weighted by atomic mass is 10.2. The number of nitrogens with zero attached hydrogens (tertiary/aromatic N) is 1. The van der Waals surface area contributed by atoms with Crippen LogP contribution in [0.5, 0.6) is 0 Å². The standard InChI is InChI=1S/C11H9BrClNS/c1-7-10(6-12)14-11(15-7)8-4-2-3-5-9(8)13/h2-5H,6H2,1H3. The fourth-order valence-corrected chi connectivity index (χ4v) is 3.28. The van der Waals surface area contributed by atoms with E-state index in [0.29, 0.717) is 0 Å². The van der Waals surface area contributed by atoms with E-state index in [2.05, 4.69) is 27.8 Å². The lowest BCUT2D eigenvalue weighted by Crippen LogP contribution is -1.81. The van der Waals surface area contributed by atoms with E-state index in [1.54, 1.807) is 11.3 Å². The van der Waals surface area contributed by atoms with Crippen molar-refractivity contribution in [2.45, 2.75) is 12.3 Å². The molecule has 0 unspecified atom stereocenters. The minimum atomic E-state index is 0.757. The molecule has 0 saturated carbocycles. The van der Waals surface area contributed by atoms with Crippen LogP contribution in [0.2, 0.25) is 5.02 Å². The Morgan fingerprint density at radius 1 is 1.40 bits per heavy atom. The van der Waals surface area contributed by atoms with Crippen molar-refractivity contribution in [2.24, 2.45) is 0 Å². The second-order valence-electron chi connectivity index (χ2n) is 3.14. The molecule has 1 aromatic heterocycles. The number of hydrogen-bond acceptors (Lipinski definition) is 2. The Balaban J connectivity index is 2.50. The third kappa shape index (κ3) is 2.25. The van der Waals surface area contributed by atoms with E-state index in [-0.39, 0.29) is 0 Å². The van der Waals surface area contributed by atoms with Crippen LogP contribution < -0.4 is 0 Å². The Kier molecular flexibility index (Phi) is 3.44. The van der Waals surface area contributed by atoms with E-state index in [9.17, 15) is 0 Å². The van der Waals surface area contributed by atoms with Gasteiger partial charge in [-0.15, -0.1) is 11.3 Å². The number of aryl methyl sites for hydroxylation is 1. The molecule has 2 aromatic rings. The number of thiazole rings is 1. The summed E-state index contributed by atoms with van der Waals surface area (Å²) in [6, 6.07) is 7.80. The Bertz CT molecular complexity index is 481. The maximum absolute atomic E-state index is 6.12. The zero-order valence-electron chi connectivity index (χ0n) is 8.13. The molecule has 0 atom stereocenters.